The maximum atomic E-state index is 11.8. The Morgan fingerprint density at radius 3 is 2.83 bits per heavy atom. The van der Waals surface area contributed by atoms with E-state index in [1.807, 2.05) is 6.92 Å². The lowest BCUT2D eigenvalue weighted by Crippen LogP contribution is -2.23. The predicted octanol–water partition coefficient (Wildman–Crippen LogP) is 1.24. The van der Waals surface area contributed by atoms with Crippen molar-refractivity contribution in [2.75, 3.05) is 13.7 Å². The van der Waals surface area contributed by atoms with E-state index >= 15 is 0 Å². The number of esters is 1. The van der Waals surface area contributed by atoms with Crippen LogP contribution in [0.2, 0.25) is 0 Å². The van der Waals surface area contributed by atoms with Gasteiger partial charge in [-0.1, -0.05) is 5.16 Å². The van der Waals surface area contributed by atoms with Crippen LogP contribution >= 0.6 is 0 Å². The van der Waals surface area contributed by atoms with Gasteiger partial charge in [-0.25, -0.2) is 0 Å². The number of rotatable bonds is 6. The first-order chi connectivity index (χ1) is 8.62. The lowest BCUT2D eigenvalue weighted by atomic mass is 10.1. The van der Waals surface area contributed by atoms with Crippen molar-refractivity contribution in [1.29, 1.82) is 0 Å². The smallest absolute Gasteiger partial charge is 0.321 e. The number of carbonyl (C=O) groups excluding carboxylic acids is 1. The van der Waals surface area contributed by atoms with Gasteiger partial charge in [-0.3, -0.25) is 4.79 Å². The molecule has 1 aliphatic rings. The third kappa shape index (κ3) is 2.38. The second kappa shape index (κ2) is 5.06. The molecule has 6 nitrogen and oxygen atoms in total. The highest BCUT2D eigenvalue weighted by Crippen LogP contribution is 2.48. The van der Waals surface area contributed by atoms with Crippen LogP contribution in [0, 0.1) is 0 Å². The van der Waals surface area contributed by atoms with E-state index in [2.05, 4.69) is 10.1 Å². The molecule has 0 radical (unpaired) electrons. The number of carbonyl (C=O) groups is 1. The normalized spacial score (nSPS) is 18.4. The molecule has 1 aromatic rings. The van der Waals surface area contributed by atoms with Gasteiger partial charge in [0, 0.05) is 13.5 Å². The topological polar surface area (TPSA) is 74.5 Å². The van der Waals surface area contributed by atoms with E-state index < -0.39 is 5.41 Å². The van der Waals surface area contributed by atoms with Crippen LogP contribution in [-0.4, -0.2) is 35.9 Å². The van der Waals surface area contributed by atoms with Crippen molar-refractivity contribution in [1.82, 2.24) is 10.1 Å². The molecule has 1 atom stereocenters. The van der Waals surface area contributed by atoms with Crippen molar-refractivity contribution in [3.8, 4) is 0 Å². The summed E-state index contributed by atoms with van der Waals surface area (Å²) in [6.45, 7) is 4.07. The molecule has 6 heteroatoms. The fourth-order valence-electron chi connectivity index (χ4n) is 1.77. The summed E-state index contributed by atoms with van der Waals surface area (Å²) in [5.41, 5.74) is -0.683. The highest BCUT2D eigenvalue weighted by molar-refractivity contribution is 5.85. The average molecular weight is 254 g/mol. The summed E-state index contributed by atoms with van der Waals surface area (Å²) in [6.07, 6.45) is 2.02. The molecule has 0 bridgehead atoms. The van der Waals surface area contributed by atoms with E-state index in [-0.39, 0.29) is 12.1 Å². The Labute approximate surface area is 106 Å². The number of aromatic nitrogens is 2. The van der Waals surface area contributed by atoms with E-state index in [1.54, 1.807) is 14.0 Å². The van der Waals surface area contributed by atoms with E-state index in [9.17, 15) is 4.79 Å². The summed E-state index contributed by atoms with van der Waals surface area (Å²) in [5.74, 6) is 0.675. The molecule has 0 aromatic carbocycles. The molecule has 1 saturated carbocycles. The van der Waals surface area contributed by atoms with E-state index in [0.29, 0.717) is 37.6 Å². The first-order valence-corrected chi connectivity index (χ1v) is 6.15. The summed E-state index contributed by atoms with van der Waals surface area (Å²) < 4.78 is 15.4. The summed E-state index contributed by atoms with van der Waals surface area (Å²) in [6, 6.07) is 0. The van der Waals surface area contributed by atoms with Gasteiger partial charge in [0.05, 0.1) is 12.7 Å². The third-order valence-electron chi connectivity index (χ3n) is 3.17. The molecule has 1 aromatic heterocycles. The van der Waals surface area contributed by atoms with Crippen LogP contribution in [0.15, 0.2) is 4.52 Å². The molecule has 1 unspecified atom stereocenters. The van der Waals surface area contributed by atoms with Gasteiger partial charge in [0.2, 0.25) is 5.89 Å². The lowest BCUT2D eigenvalue weighted by molar-refractivity contribution is -0.146. The molecule has 0 N–H and O–H groups in total. The molecule has 100 valence electrons. The zero-order valence-corrected chi connectivity index (χ0v) is 10.9. The van der Waals surface area contributed by atoms with Gasteiger partial charge in [-0.05, 0) is 26.7 Å². The second-order valence-corrected chi connectivity index (χ2v) is 4.57. The van der Waals surface area contributed by atoms with Gasteiger partial charge in [0.1, 0.15) is 5.41 Å². The van der Waals surface area contributed by atoms with Gasteiger partial charge >= 0.3 is 5.97 Å². The summed E-state index contributed by atoms with van der Waals surface area (Å²) >= 11 is 0. The maximum absolute atomic E-state index is 11.8. The van der Waals surface area contributed by atoms with Crippen molar-refractivity contribution >= 4 is 5.97 Å². The average Bonchev–Trinajstić information content (AvgIpc) is 3.05. The minimum absolute atomic E-state index is 0.0215. The molecule has 0 spiro atoms. The van der Waals surface area contributed by atoms with Gasteiger partial charge in [-0.15, -0.1) is 0 Å². The zero-order valence-electron chi connectivity index (χ0n) is 10.9. The minimum Gasteiger partial charge on any atom is -0.465 e. The van der Waals surface area contributed by atoms with Crippen LogP contribution < -0.4 is 0 Å². The standard InChI is InChI=1S/C12H18N2O4/c1-4-17-11(15)12(5-6-12)10-13-9(14-18-10)7-8(2)16-3/h8H,4-7H2,1-3H3. The Hall–Kier alpha value is -1.43. The Morgan fingerprint density at radius 2 is 2.28 bits per heavy atom. The number of methoxy groups -OCH3 is 1. The highest BCUT2D eigenvalue weighted by atomic mass is 16.5. The quantitative estimate of drug-likeness (QED) is 0.711. The summed E-state index contributed by atoms with van der Waals surface area (Å²) in [5, 5.41) is 3.88. The molecule has 0 amide bonds. The first kappa shape index (κ1) is 13.0. The van der Waals surface area contributed by atoms with Crippen molar-refractivity contribution in [3.63, 3.8) is 0 Å². The molecule has 2 rings (SSSR count). The summed E-state index contributed by atoms with van der Waals surface area (Å²) in [7, 11) is 1.63. The van der Waals surface area contributed by atoms with Crippen LogP contribution in [0.4, 0.5) is 0 Å². The van der Waals surface area contributed by atoms with E-state index in [0.717, 1.165) is 0 Å². The molecule has 1 fully saturated rings. The third-order valence-corrected chi connectivity index (χ3v) is 3.17. The van der Waals surface area contributed by atoms with Crippen molar-refractivity contribution < 1.29 is 18.8 Å². The number of nitrogens with zero attached hydrogens (tertiary/aromatic N) is 2. The van der Waals surface area contributed by atoms with Gasteiger partial charge in [0.25, 0.3) is 0 Å². The summed E-state index contributed by atoms with van der Waals surface area (Å²) in [4.78, 5) is 16.1. The van der Waals surface area contributed by atoms with Gasteiger partial charge in [0.15, 0.2) is 5.82 Å². The molecule has 1 heterocycles. The largest absolute Gasteiger partial charge is 0.465 e. The predicted molar refractivity (Wildman–Crippen MR) is 62.0 cm³/mol. The lowest BCUT2D eigenvalue weighted by Gasteiger charge is -2.08. The Balaban J connectivity index is 2.08. The number of ether oxygens (including phenoxy) is 2. The van der Waals surface area contributed by atoms with Crippen LogP contribution in [0.3, 0.4) is 0 Å². The van der Waals surface area contributed by atoms with E-state index in [4.69, 9.17) is 14.0 Å². The fourth-order valence-corrected chi connectivity index (χ4v) is 1.77. The first-order valence-electron chi connectivity index (χ1n) is 6.15. The molecular formula is C12H18N2O4. The van der Waals surface area contributed by atoms with Crippen LogP contribution in [0.1, 0.15) is 38.4 Å². The van der Waals surface area contributed by atoms with Crippen LogP contribution in [0.25, 0.3) is 0 Å². The Kier molecular flexibility index (Phi) is 3.65. The molecule has 18 heavy (non-hydrogen) atoms. The molecule has 0 saturated heterocycles. The van der Waals surface area contributed by atoms with Crippen LogP contribution in [0.5, 0.6) is 0 Å². The Bertz CT molecular complexity index is 425. The molecule has 1 aliphatic carbocycles. The van der Waals surface area contributed by atoms with Crippen molar-refractivity contribution in [2.45, 2.75) is 44.6 Å². The molecule has 0 aliphatic heterocycles. The SMILES string of the molecule is CCOC(=O)C1(c2nc(CC(C)OC)no2)CC1. The zero-order chi connectivity index (χ0) is 13.2. The van der Waals surface area contributed by atoms with Crippen molar-refractivity contribution in [2.24, 2.45) is 0 Å². The van der Waals surface area contributed by atoms with Gasteiger partial charge < -0.3 is 14.0 Å². The monoisotopic (exact) mass is 254 g/mol. The minimum atomic E-state index is -0.683. The molecular weight excluding hydrogens is 236 g/mol. The van der Waals surface area contributed by atoms with Crippen LogP contribution in [-0.2, 0) is 26.1 Å². The second-order valence-electron chi connectivity index (χ2n) is 4.57. The Morgan fingerprint density at radius 1 is 1.56 bits per heavy atom. The fraction of sp³-hybridized carbons (Fsp3) is 0.750. The number of hydrogen-bond donors (Lipinski definition) is 0. The van der Waals surface area contributed by atoms with E-state index in [1.165, 1.54) is 0 Å². The maximum Gasteiger partial charge on any atom is 0.321 e. The van der Waals surface area contributed by atoms with Gasteiger partial charge in [-0.2, -0.15) is 4.98 Å². The number of hydrogen-bond acceptors (Lipinski definition) is 6. The van der Waals surface area contributed by atoms with Crippen molar-refractivity contribution in [3.05, 3.63) is 11.7 Å². The highest BCUT2D eigenvalue weighted by Gasteiger charge is 2.57.